The van der Waals surface area contributed by atoms with Crippen molar-refractivity contribution in [3.8, 4) is 0 Å². The van der Waals surface area contributed by atoms with Crippen molar-refractivity contribution in [2.45, 2.75) is 34.6 Å². The lowest BCUT2D eigenvalue weighted by molar-refractivity contribution is 1.26. The van der Waals surface area contributed by atoms with Gasteiger partial charge in [-0.05, 0) is 40.5 Å². The number of pyridine rings is 1. The summed E-state index contributed by atoms with van der Waals surface area (Å²) in [4.78, 5) is 8.46. The molecule has 3 heteroatoms. The van der Waals surface area contributed by atoms with E-state index in [9.17, 15) is 0 Å². The second-order valence-corrected chi connectivity index (χ2v) is 4.42. The van der Waals surface area contributed by atoms with Gasteiger partial charge in [-0.15, -0.1) is 0 Å². The van der Waals surface area contributed by atoms with Crippen LogP contribution >= 0.6 is 15.9 Å². The van der Waals surface area contributed by atoms with Crippen molar-refractivity contribution < 1.29 is 0 Å². The van der Waals surface area contributed by atoms with Crippen LogP contribution in [0.25, 0.3) is 0 Å². The molecule has 2 rings (SSSR count). The van der Waals surface area contributed by atoms with Crippen LogP contribution in [0, 0.1) is 6.92 Å². The van der Waals surface area contributed by atoms with Crippen LogP contribution in [0.4, 0.5) is 5.82 Å². The minimum Gasteiger partial charge on any atom is -0.237 e. The van der Waals surface area contributed by atoms with E-state index in [0.717, 1.165) is 10.0 Å². The summed E-state index contributed by atoms with van der Waals surface area (Å²) in [7, 11) is 0. The number of aryl methyl sites for hydroxylation is 1. The Hall–Kier alpha value is -1.48. The molecule has 108 valence electrons. The van der Waals surface area contributed by atoms with Crippen LogP contribution in [-0.2, 0) is 0 Å². The standard InChI is InChI=1S/C13H11BrN2.2C2H6/c1-10-2-4-11(5-3-10)8-15-13-7-6-12(14)9-16-13;2*1-2/h2-9H,1H3;2*1-2H3. The third-order valence-corrected chi connectivity index (χ3v) is 2.60. The SMILES string of the molecule is CC.CC.Cc1ccc(C=Nc2ccc(Br)cn2)cc1. The Morgan fingerprint density at radius 3 is 2.05 bits per heavy atom. The largest absolute Gasteiger partial charge is 0.237 e. The second kappa shape index (κ2) is 11.4. The number of hydrogen-bond acceptors (Lipinski definition) is 2. The van der Waals surface area contributed by atoms with E-state index in [4.69, 9.17) is 0 Å². The number of halogens is 1. The van der Waals surface area contributed by atoms with E-state index < -0.39 is 0 Å². The molecule has 0 amide bonds. The Morgan fingerprint density at radius 1 is 0.950 bits per heavy atom. The Kier molecular flexibility index (Phi) is 10.5. The maximum atomic E-state index is 4.29. The van der Waals surface area contributed by atoms with E-state index in [0.29, 0.717) is 5.82 Å². The van der Waals surface area contributed by atoms with Gasteiger partial charge in [0.2, 0.25) is 0 Å². The van der Waals surface area contributed by atoms with Crippen LogP contribution in [0.5, 0.6) is 0 Å². The molecule has 0 saturated carbocycles. The summed E-state index contributed by atoms with van der Waals surface area (Å²) in [5.41, 5.74) is 2.33. The first-order valence-corrected chi connectivity index (χ1v) is 7.75. The van der Waals surface area contributed by atoms with Gasteiger partial charge in [-0.3, -0.25) is 0 Å². The maximum Gasteiger partial charge on any atom is 0.151 e. The molecule has 0 aliphatic rings. The molecule has 1 aromatic carbocycles. The highest BCUT2D eigenvalue weighted by Gasteiger charge is 1.91. The normalized spacial score (nSPS) is 9.30. The van der Waals surface area contributed by atoms with Crippen molar-refractivity contribution in [2.75, 3.05) is 0 Å². The van der Waals surface area contributed by atoms with Gasteiger partial charge in [0.15, 0.2) is 5.82 Å². The fraction of sp³-hybridized carbons (Fsp3) is 0.294. The van der Waals surface area contributed by atoms with Gasteiger partial charge in [-0.2, -0.15) is 0 Å². The smallest absolute Gasteiger partial charge is 0.151 e. The summed E-state index contributed by atoms with van der Waals surface area (Å²) in [6, 6.07) is 12.0. The average molecular weight is 335 g/mol. The summed E-state index contributed by atoms with van der Waals surface area (Å²) in [5.74, 6) is 0.712. The van der Waals surface area contributed by atoms with Crippen molar-refractivity contribution in [1.82, 2.24) is 4.98 Å². The van der Waals surface area contributed by atoms with Gasteiger partial charge in [0.1, 0.15) is 0 Å². The quantitative estimate of drug-likeness (QED) is 0.622. The minimum absolute atomic E-state index is 0.712. The topological polar surface area (TPSA) is 25.2 Å². The monoisotopic (exact) mass is 334 g/mol. The molecule has 0 radical (unpaired) electrons. The zero-order chi connectivity index (χ0) is 15.4. The van der Waals surface area contributed by atoms with Crippen LogP contribution in [-0.4, -0.2) is 11.2 Å². The first kappa shape index (κ1) is 18.5. The molecule has 0 fully saturated rings. The Labute approximate surface area is 131 Å². The van der Waals surface area contributed by atoms with Gasteiger partial charge in [0.05, 0.1) is 0 Å². The molecule has 0 N–H and O–H groups in total. The summed E-state index contributed by atoms with van der Waals surface area (Å²) >= 11 is 3.34. The van der Waals surface area contributed by atoms with E-state index in [-0.39, 0.29) is 0 Å². The minimum atomic E-state index is 0.712. The molecule has 1 heterocycles. The highest BCUT2D eigenvalue weighted by Crippen LogP contribution is 2.12. The van der Waals surface area contributed by atoms with E-state index in [2.05, 4.69) is 45.0 Å². The maximum absolute atomic E-state index is 4.29. The Morgan fingerprint density at radius 2 is 1.55 bits per heavy atom. The molecule has 0 aliphatic heterocycles. The zero-order valence-corrected chi connectivity index (χ0v) is 14.5. The molecule has 0 unspecified atom stereocenters. The molecule has 0 aliphatic carbocycles. The van der Waals surface area contributed by atoms with Crippen molar-refractivity contribution >= 4 is 28.0 Å². The molecule has 2 nitrogen and oxygen atoms in total. The van der Waals surface area contributed by atoms with Gasteiger partial charge in [-0.25, -0.2) is 9.98 Å². The van der Waals surface area contributed by atoms with Crippen molar-refractivity contribution in [1.29, 1.82) is 0 Å². The van der Waals surface area contributed by atoms with Crippen molar-refractivity contribution in [2.24, 2.45) is 4.99 Å². The predicted octanol–water partition coefficient (Wildman–Crippen LogP) is 5.96. The third-order valence-electron chi connectivity index (χ3n) is 2.14. The lowest BCUT2D eigenvalue weighted by Crippen LogP contribution is -1.81. The zero-order valence-electron chi connectivity index (χ0n) is 12.9. The molecule has 0 spiro atoms. The first-order valence-electron chi connectivity index (χ1n) is 6.96. The average Bonchev–Trinajstić information content (AvgIpc) is 2.52. The van der Waals surface area contributed by atoms with E-state index >= 15 is 0 Å². The van der Waals surface area contributed by atoms with Crippen molar-refractivity contribution in [3.63, 3.8) is 0 Å². The van der Waals surface area contributed by atoms with Crippen LogP contribution in [0.15, 0.2) is 52.1 Å². The summed E-state index contributed by atoms with van der Waals surface area (Å²) in [6.45, 7) is 10.1. The number of aliphatic imine (C=N–C) groups is 1. The highest BCUT2D eigenvalue weighted by molar-refractivity contribution is 9.10. The Bertz CT molecular complexity index is 440. The molecule has 2 aromatic rings. The van der Waals surface area contributed by atoms with Gasteiger partial charge < -0.3 is 0 Å². The number of rotatable bonds is 2. The summed E-state index contributed by atoms with van der Waals surface area (Å²) in [6.07, 6.45) is 3.55. The van der Waals surface area contributed by atoms with Gasteiger partial charge in [-0.1, -0.05) is 57.5 Å². The number of benzene rings is 1. The van der Waals surface area contributed by atoms with Crippen molar-refractivity contribution in [3.05, 3.63) is 58.2 Å². The molecule has 0 atom stereocenters. The van der Waals surface area contributed by atoms with Crippen LogP contribution in [0.2, 0.25) is 0 Å². The predicted molar refractivity (Wildman–Crippen MR) is 93.1 cm³/mol. The van der Waals surface area contributed by atoms with E-state index in [1.54, 1.807) is 6.20 Å². The van der Waals surface area contributed by atoms with Gasteiger partial charge in [0, 0.05) is 16.9 Å². The molecule has 1 aromatic heterocycles. The highest BCUT2D eigenvalue weighted by atomic mass is 79.9. The lowest BCUT2D eigenvalue weighted by Gasteiger charge is -1.95. The summed E-state index contributed by atoms with van der Waals surface area (Å²) in [5, 5.41) is 0. The van der Waals surface area contributed by atoms with E-state index in [1.807, 2.05) is 58.2 Å². The lowest BCUT2D eigenvalue weighted by atomic mass is 10.2. The van der Waals surface area contributed by atoms with Crippen LogP contribution in [0.1, 0.15) is 38.8 Å². The molecule has 0 bridgehead atoms. The molecular formula is C17H23BrN2. The fourth-order valence-corrected chi connectivity index (χ4v) is 1.47. The first-order chi connectivity index (χ1) is 9.74. The second-order valence-electron chi connectivity index (χ2n) is 3.50. The molecular weight excluding hydrogens is 312 g/mol. The van der Waals surface area contributed by atoms with E-state index in [1.165, 1.54) is 5.56 Å². The summed E-state index contributed by atoms with van der Waals surface area (Å²) < 4.78 is 0.960. The number of aromatic nitrogens is 1. The number of hydrogen-bond donors (Lipinski definition) is 0. The number of nitrogens with zero attached hydrogens (tertiary/aromatic N) is 2. The third kappa shape index (κ3) is 7.19. The molecule has 0 saturated heterocycles. The van der Waals surface area contributed by atoms with Gasteiger partial charge >= 0.3 is 0 Å². The van der Waals surface area contributed by atoms with Gasteiger partial charge in [0.25, 0.3) is 0 Å². The van der Waals surface area contributed by atoms with Crippen LogP contribution < -0.4 is 0 Å². The Balaban J connectivity index is 0.000000829. The molecule has 20 heavy (non-hydrogen) atoms. The fourth-order valence-electron chi connectivity index (χ4n) is 1.24. The van der Waals surface area contributed by atoms with Crippen LogP contribution in [0.3, 0.4) is 0 Å².